The molecule has 1 saturated heterocycles. The van der Waals surface area contributed by atoms with Crippen LogP contribution in [0.25, 0.3) is 10.8 Å². The maximum absolute atomic E-state index is 11.6. The van der Waals surface area contributed by atoms with Gasteiger partial charge in [-0.3, -0.25) is 4.79 Å². The van der Waals surface area contributed by atoms with Crippen LogP contribution >= 0.6 is 0 Å². The molecular weight excluding hydrogens is 264 g/mol. The molecule has 0 radical (unpaired) electrons. The minimum atomic E-state index is -0.232. The van der Waals surface area contributed by atoms with Crippen LogP contribution in [0.2, 0.25) is 0 Å². The molecule has 0 aromatic heterocycles. The summed E-state index contributed by atoms with van der Waals surface area (Å²) in [6.45, 7) is 1.57. The zero-order valence-electron chi connectivity index (χ0n) is 12.0. The van der Waals surface area contributed by atoms with Gasteiger partial charge in [0, 0.05) is 6.42 Å². The quantitative estimate of drug-likeness (QED) is 0.786. The molecule has 2 aromatic carbocycles. The fourth-order valence-corrected chi connectivity index (χ4v) is 3.37. The van der Waals surface area contributed by atoms with E-state index in [-0.39, 0.29) is 11.9 Å². The molecule has 1 aliphatic rings. The van der Waals surface area contributed by atoms with Crippen molar-refractivity contribution in [2.45, 2.75) is 31.8 Å². The van der Waals surface area contributed by atoms with Crippen LogP contribution in [0.3, 0.4) is 0 Å². The molecule has 110 valence electrons. The predicted octanol–water partition coefficient (Wildman–Crippen LogP) is 0.968. The maximum Gasteiger partial charge on any atom is 0.275 e. The molecule has 21 heavy (non-hydrogen) atoms. The summed E-state index contributed by atoms with van der Waals surface area (Å²) in [6.07, 6.45) is 3.00. The van der Waals surface area contributed by atoms with Gasteiger partial charge in [-0.15, -0.1) is 0 Å². The van der Waals surface area contributed by atoms with Crippen molar-refractivity contribution in [2.24, 2.45) is 5.73 Å². The number of piperidine rings is 1. The van der Waals surface area contributed by atoms with Crippen LogP contribution in [0.15, 0.2) is 36.4 Å². The number of hydrogen-bond acceptors (Lipinski definition) is 2. The molecule has 3 rings (SSSR count). The molecule has 0 saturated carbocycles. The number of nitrogens with two attached hydrogens (primary N) is 1. The number of rotatable bonds is 3. The Balaban J connectivity index is 1.97. The van der Waals surface area contributed by atoms with E-state index in [1.807, 2.05) is 30.3 Å². The van der Waals surface area contributed by atoms with Gasteiger partial charge in [0.15, 0.2) is 6.04 Å². The van der Waals surface area contributed by atoms with Crippen LogP contribution in [0.1, 0.15) is 24.8 Å². The van der Waals surface area contributed by atoms with Gasteiger partial charge in [-0.2, -0.15) is 0 Å². The SMILES string of the molecule is NC(=O)[C@@H]1CCCC[NH+]1Cc1c(O)ccc2ccccc12. The summed E-state index contributed by atoms with van der Waals surface area (Å²) < 4.78 is 0. The maximum atomic E-state index is 11.6. The van der Waals surface area contributed by atoms with E-state index in [1.165, 1.54) is 4.90 Å². The molecule has 1 aliphatic heterocycles. The number of primary amides is 1. The minimum Gasteiger partial charge on any atom is -0.507 e. The number of phenolic OH excluding ortho intramolecular Hbond substituents is 1. The lowest BCUT2D eigenvalue weighted by atomic mass is 9.98. The number of nitrogens with one attached hydrogen (secondary N) is 1. The molecule has 1 heterocycles. The van der Waals surface area contributed by atoms with Crippen molar-refractivity contribution in [1.82, 2.24) is 0 Å². The lowest BCUT2D eigenvalue weighted by Crippen LogP contribution is -3.16. The molecule has 1 fully saturated rings. The summed E-state index contributed by atoms with van der Waals surface area (Å²) in [5.74, 6) is 0.0689. The third-order valence-electron chi connectivity index (χ3n) is 4.50. The van der Waals surface area contributed by atoms with Gasteiger partial charge in [0.1, 0.15) is 12.3 Å². The molecule has 0 aliphatic carbocycles. The normalized spacial score (nSPS) is 22.3. The number of carbonyl (C=O) groups is 1. The van der Waals surface area contributed by atoms with Crippen molar-refractivity contribution >= 4 is 16.7 Å². The predicted molar refractivity (Wildman–Crippen MR) is 82.0 cm³/mol. The Bertz CT molecular complexity index is 669. The Labute approximate surface area is 124 Å². The van der Waals surface area contributed by atoms with Crippen LogP contribution in [0, 0.1) is 0 Å². The van der Waals surface area contributed by atoms with Crippen molar-refractivity contribution in [3.63, 3.8) is 0 Å². The lowest BCUT2D eigenvalue weighted by molar-refractivity contribution is -0.934. The second-order valence-corrected chi connectivity index (χ2v) is 5.82. The molecule has 0 spiro atoms. The van der Waals surface area contributed by atoms with Gasteiger partial charge in [0.25, 0.3) is 5.91 Å². The molecule has 4 N–H and O–H groups in total. The summed E-state index contributed by atoms with van der Waals surface area (Å²) in [5, 5.41) is 12.4. The number of quaternary nitrogens is 1. The molecule has 4 heteroatoms. The van der Waals surface area contributed by atoms with E-state index < -0.39 is 0 Å². The Morgan fingerprint density at radius 3 is 2.86 bits per heavy atom. The number of phenols is 1. The summed E-state index contributed by atoms with van der Waals surface area (Å²) in [4.78, 5) is 12.8. The molecule has 0 bridgehead atoms. The van der Waals surface area contributed by atoms with E-state index in [2.05, 4.69) is 0 Å². The zero-order valence-corrected chi connectivity index (χ0v) is 12.0. The summed E-state index contributed by atoms with van der Waals surface area (Å²) in [7, 11) is 0. The number of amides is 1. The molecule has 1 amide bonds. The van der Waals surface area contributed by atoms with Crippen LogP contribution in [0.4, 0.5) is 0 Å². The number of benzene rings is 2. The minimum absolute atomic E-state index is 0.142. The number of aromatic hydroxyl groups is 1. The topological polar surface area (TPSA) is 67.8 Å². The second-order valence-electron chi connectivity index (χ2n) is 5.82. The summed E-state index contributed by atoms with van der Waals surface area (Å²) in [5.41, 5.74) is 6.45. The van der Waals surface area contributed by atoms with E-state index in [4.69, 9.17) is 5.73 Å². The molecule has 4 nitrogen and oxygen atoms in total. The number of likely N-dealkylation sites (tertiary alicyclic amines) is 1. The average molecular weight is 285 g/mol. The van der Waals surface area contributed by atoms with Gasteiger partial charge >= 0.3 is 0 Å². The van der Waals surface area contributed by atoms with Crippen molar-refractivity contribution in [1.29, 1.82) is 0 Å². The first-order valence-corrected chi connectivity index (χ1v) is 7.50. The zero-order chi connectivity index (χ0) is 14.8. The van der Waals surface area contributed by atoms with E-state index >= 15 is 0 Å². The first kappa shape index (κ1) is 13.9. The van der Waals surface area contributed by atoms with E-state index in [0.29, 0.717) is 12.3 Å². The van der Waals surface area contributed by atoms with E-state index in [0.717, 1.165) is 42.1 Å². The van der Waals surface area contributed by atoms with Crippen LogP contribution < -0.4 is 10.6 Å². The van der Waals surface area contributed by atoms with E-state index in [9.17, 15) is 9.90 Å². The van der Waals surface area contributed by atoms with Gasteiger partial charge in [0.2, 0.25) is 0 Å². The smallest absolute Gasteiger partial charge is 0.275 e. The Hall–Kier alpha value is -2.07. The largest absolute Gasteiger partial charge is 0.507 e. The van der Waals surface area contributed by atoms with Gasteiger partial charge in [-0.05, 0) is 29.7 Å². The highest BCUT2D eigenvalue weighted by Gasteiger charge is 2.31. The number of hydrogen-bond donors (Lipinski definition) is 3. The van der Waals surface area contributed by atoms with Crippen LogP contribution in [0.5, 0.6) is 5.75 Å². The van der Waals surface area contributed by atoms with Gasteiger partial charge in [-0.25, -0.2) is 0 Å². The number of fused-ring (bicyclic) bond motifs is 1. The first-order valence-electron chi connectivity index (χ1n) is 7.50. The summed E-state index contributed by atoms with van der Waals surface area (Å²) in [6, 6.07) is 11.5. The highest BCUT2D eigenvalue weighted by atomic mass is 16.3. The van der Waals surface area contributed by atoms with E-state index in [1.54, 1.807) is 6.07 Å². The lowest BCUT2D eigenvalue weighted by Gasteiger charge is -2.31. The summed E-state index contributed by atoms with van der Waals surface area (Å²) >= 11 is 0. The third kappa shape index (κ3) is 2.72. The molecular formula is C17H21N2O2+. The van der Waals surface area contributed by atoms with Gasteiger partial charge in [-0.1, -0.05) is 30.3 Å². The standard InChI is InChI=1S/C17H20N2O2/c18-17(21)15-7-3-4-10-19(15)11-14-13-6-2-1-5-12(13)8-9-16(14)20/h1-2,5-6,8-9,15,20H,3-4,7,10-11H2,(H2,18,21)/p+1/t15-/m0/s1. The average Bonchev–Trinajstić information content (AvgIpc) is 2.50. The first-order chi connectivity index (χ1) is 10.2. The van der Waals surface area contributed by atoms with Crippen LogP contribution in [-0.4, -0.2) is 23.6 Å². The van der Waals surface area contributed by atoms with Crippen molar-refractivity contribution in [2.75, 3.05) is 6.54 Å². The van der Waals surface area contributed by atoms with Crippen molar-refractivity contribution < 1.29 is 14.8 Å². The van der Waals surface area contributed by atoms with Crippen molar-refractivity contribution in [3.05, 3.63) is 42.0 Å². The molecule has 2 aromatic rings. The Morgan fingerprint density at radius 1 is 1.24 bits per heavy atom. The number of carbonyl (C=O) groups excluding carboxylic acids is 1. The van der Waals surface area contributed by atoms with Gasteiger partial charge in [0.05, 0.1) is 12.1 Å². The Morgan fingerprint density at radius 2 is 2.05 bits per heavy atom. The monoisotopic (exact) mass is 285 g/mol. The highest BCUT2D eigenvalue weighted by Crippen LogP contribution is 2.26. The Kier molecular flexibility index (Phi) is 3.80. The molecule has 2 atom stereocenters. The molecule has 1 unspecified atom stereocenters. The fraction of sp³-hybridized carbons (Fsp3) is 0.353. The third-order valence-corrected chi connectivity index (χ3v) is 4.50. The van der Waals surface area contributed by atoms with Crippen LogP contribution in [-0.2, 0) is 11.3 Å². The fourth-order valence-electron chi connectivity index (χ4n) is 3.37. The van der Waals surface area contributed by atoms with Crippen molar-refractivity contribution in [3.8, 4) is 5.75 Å². The highest BCUT2D eigenvalue weighted by molar-refractivity contribution is 5.87. The van der Waals surface area contributed by atoms with Gasteiger partial charge < -0.3 is 15.7 Å². The second kappa shape index (κ2) is 5.74.